The van der Waals surface area contributed by atoms with Crippen molar-refractivity contribution in [2.45, 2.75) is 38.1 Å². The van der Waals surface area contributed by atoms with Gasteiger partial charge in [0.05, 0.1) is 17.6 Å². The summed E-state index contributed by atoms with van der Waals surface area (Å²) in [4.78, 5) is 24.0. The molecule has 2 aliphatic rings. The molecule has 0 bridgehead atoms. The Labute approximate surface area is 174 Å². The van der Waals surface area contributed by atoms with Gasteiger partial charge in [0.2, 0.25) is 5.88 Å². The molecule has 8 nitrogen and oxygen atoms in total. The van der Waals surface area contributed by atoms with Crippen LogP contribution in [0.3, 0.4) is 0 Å². The first-order valence-electron chi connectivity index (χ1n) is 10.4. The fourth-order valence-corrected chi connectivity index (χ4v) is 4.41. The number of amides is 1. The van der Waals surface area contributed by atoms with Crippen LogP contribution in [0, 0.1) is 5.92 Å². The van der Waals surface area contributed by atoms with Gasteiger partial charge >= 0.3 is 0 Å². The lowest BCUT2D eigenvalue weighted by molar-refractivity contribution is 0.102. The number of hydrogen-bond donors (Lipinski definition) is 3. The van der Waals surface area contributed by atoms with Gasteiger partial charge in [0.15, 0.2) is 5.58 Å². The van der Waals surface area contributed by atoms with Crippen LogP contribution in [0.15, 0.2) is 35.1 Å². The zero-order valence-corrected chi connectivity index (χ0v) is 17.0. The molecule has 0 spiro atoms. The van der Waals surface area contributed by atoms with E-state index in [0.717, 1.165) is 30.8 Å². The van der Waals surface area contributed by atoms with Crippen molar-refractivity contribution in [2.24, 2.45) is 11.7 Å². The largest absolute Gasteiger partial charge is 0.438 e. The van der Waals surface area contributed by atoms with Gasteiger partial charge in [-0.1, -0.05) is 6.92 Å². The Balaban J connectivity index is 1.44. The topological polar surface area (TPSA) is 123 Å². The first-order chi connectivity index (χ1) is 14.5. The number of nitrogens with two attached hydrogens (primary N) is 2. The molecule has 0 radical (unpaired) electrons. The molecule has 1 saturated heterocycles. The standard InChI is InChI=1S/C22H26N6O2/c1-12-6-15(23)11-28(10-12)17-4-5-25-9-16(17)27-22(29)19-20-18(30-21(19)24)7-14(8-26-20)13-2-3-13/h4-5,7-9,12-13,15H,2-3,6,10-11,23-24H2,1H3,(H,27,29)/t12-,15+/m1/s1. The molecule has 1 aliphatic heterocycles. The van der Waals surface area contributed by atoms with E-state index in [1.165, 1.54) is 12.8 Å². The maximum absolute atomic E-state index is 13.1. The van der Waals surface area contributed by atoms with Crippen LogP contribution in [0.5, 0.6) is 0 Å². The van der Waals surface area contributed by atoms with Gasteiger partial charge < -0.3 is 26.1 Å². The number of nitrogen functional groups attached to an aromatic ring is 1. The highest BCUT2D eigenvalue weighted by molar-refractivity contribution is 6.15. The zero-order chi connectivity index (χ0) is 20.8. The lowest BCUT2D eigenvalue weighted by atomic mass is 9.96. The average molecular weight is 406 g/mol. The molecule has 1 saturated carbocycles. The fraction of sp³-hybridized carbons (Fsp3) is 0.409. The summed E-state index contributed by atoms with van der Waals surface area (Å²) in [6.07, 6.45) is 8.51. The normalized spacial score (nSPS) is 21.7. The Bertz CT molecular complexity index is 1100. The van der Waals surface area contributed by atoms with Crippen molar-refractivity contribution in [1.82, 2.24) is 9.97 Å². The van der Waals surface area contributed by atoms with Gasteiger partial charge in [0, 0.05) is 31.5 Å². The van der Waals surface area contributed by atoms with Gasteiger partial charge in [0.1, 0.15) is 11.1 Å². The van der Waals surface area contributed by atoms with Crippen LogP contribution in [0.2, 0.25) is 0 Å². The van der Waals surface area contributed by atoms with E-state index >= 15 is 0 Å². The predicted molar refractivity (Wildman–Crippen MR) is 117 cm³/mol. The molecule has 156 valence electrons. The Morgan fingerprint density at radius 3 is 2.90 bits per heavy atom. The number of fused-ring (bicyclic) bond motifs is 1. The summed E-state index contributed by atoms with van der Waals surface area (Å²) in [5, 5.41) is 2.96. The van der Waals surface area contributed by atoms with E-state index in [9.17, 15) is 4.79 Å². The van der Waals surface area contributed by atoms with Gasteiger partial charge in [-0.05, 0) is 48.8 Å². The van der Waals surface area contributed by atoms with Gasteiger partial charge in [-0.25, -0.2) is 0 Å². The summed E-state index contributed by atoms with van der Waals surface area (Å²) in [6, 6.07) is 3.94. The number of furan rings is 1. The molecule has 5 rings (SSSR count). The van der Waals surface area contributed by atoms with Crippen LogP contribution in [0.1, 0.15) is 48.0 Å². The quantitative estimate of drug-likeness (QED) is 0.608. The van der Waals surface area contributed by atoms with E-state index in [0.29, 0.717) is 28.6 Å². The molecular weight excluding hydrogens is 380 g/mol. The maximum Gasteiger partial charge on any atom is 0.263 e. The van der Waals surface area contributed by atoms with Crippen LogP contribution >= 0.6 is 0 Å². The van der Waals surface area contributed by atoms with Crippen LogP contribution in [0.25, 0.3) is 11.1 Å². The molecule has 1 amide bonds. The summed E-state index contributed by atoms with van der Waals surface area (Å²) in [7, 11) is 0. The third-order valence-electron chi connectivity index (χ3n) is 5.93. The van der Waals surface area contributed by atoms with Gasteiger partial charge in [0.25, 0.3) is 5.91 Å². The minimum Gasteiger partial charge on any atom is -0.438 e. The van der Waals surface area contributed by atoms with E-state index in [2.05, 4.69) is 27.1 Å². The van der Waals surface area contributed by atoms with Crippen molar-refractivity contribution in [3.05, 3.63) is 41.9 Å². The first-order valence-corrected chi connectivity index (χ1v) is 10.4. The fourth-order valence-electron chi connectivity index (χ4n) is 4.41. The van der Waals surface area contributed by atoms with Crippen molar-refractivity contribution in [3.63, 3.8) is 0 Å². The van der Waals surface area contributed by atoms with Crippen molar-refractivity contribution >= 4 is 34.3 Å². The minimum atomic E-state index is -0.360. The minimum absolute atomic E-state index is 0.0713. The highest BCUT2D eigenvalue weighted by atomic mass is 16.3. The molecule has 8 heteroatoms. The van der Waals surface area contributed by atoms with E-state index < -0.39 is 0 Å². The van der Waals surface area contributed by atoms with Gasteiger partial charge in [-0.3, -0.25) is 14.8 Å². The van der Waals surface area contributed by atoms with Crippen LogP contribution in [0.4, 0.5) is 17.3 Å². The molecule has 5 N–H and O–H groups in total. The summed E-state index contributed by atoms with van der Waals surface area (Å²) in [6.45, 7) is 3.80. The molecule has 0 unspecified atom stereocenters. The maximum atomic E-state index is 13.1. The van der Waals surface area contributed by atoms with E-state index in [4.69, 9.17) is 15.9 Å². The number of rotatable bonds is 4. The Kier molecular flexibility index (Phi) is 4.58. The predicted octanol–water partition coefficient (Wildman–Crippen LogP) is 3.11. The van der Waals surface area contributed by atoms with Crippen molar-refractivity contribution in [1.29, 1.82) is 0 Å². The lowest BCUT2D eigenvalue weighted by Gasteiger charge is -2.37. The second-order valence-corrected chi connectivity index (χ2v) is 8.58. The Hall–Kier alpha value is -3.13. The smallest absolute Gasteiger partial charge is 0.263 e. The van der Waals surface area contributed by atoms with Crippen LogP contribution in [-0.2, 0) is 0 Å². The van der Waals surface area contributed by atoms with Gasteiger partial charge in [-0.2, -0.15) is 0 Å². The number of pyridine rings is 2. The van der Waals surface area contributed by atoms with E-state index in [1.807, 2.05) is 18.3 Å². The number of carbonyl (C=O) groups is 1. The molecule has 1 aliphatic carbocycles. The highest BCUT2D eigenvalue weighted by Crippen LogP contribution is 2.41. The summed E-state index contributed by atoms with van der Waals surface area (Å²) in [5.41, 5.74) is 16.2. The number of nitrogens with zero attached hydrogens (tertiary/aromatic N) is 3. The number of piperidine rings is 1. The van der Waals surface area contributed by atoms with Crippen molar-refractivity contribution in [3.8, 4) is 0 Å². The van der Waals surface area contributed by atoms with E-state index in [-0.39, 0.29) is 23.4 Å². The Morgan fingerprint density at radius 2 is 2.13 bits per heavy atom. The van der Waals surface area contributed by atoms with Crippen molar-refractivity contribution < 1.29 is 9.21 Å². The Morgan fingerprint density at radius 1 is 1.30 bits per heavy atom. The third-order valence-corrected chi connectivity index (χ3v) is 5.93. The lowest BCUT2D eigenvalue weighted by Crippen LogP contribution is -2.46. The summed E-state index contributed by atoms with van der Waals surface area (Å²) >= 11 is 0. The zero-order valence-electron chi connectivity index (χ0n) is 17.0. The second kappa shape index (κ2) is 7.28. The molecule has 0 aromatic carbocycles. The number of aromatic nitrogens is 2. The molecular formula is C22H26N6O2. The van der Waals surface area contributed by atoms with Gasteiger partial charge in [-0.15, -0.1) is 0 Å². The summed E-state index contributed by atoms with van der Waals surface area (Å²) < 4.78 is 5.66. The van der Waals surface area contributed by atoms with E-state index in [1.54, 1.807) is 12.4 Å². The molecule has 2 fully saturated rings. The first kappa shape index (κ1) is 18.9. The number of hydrogen-bond acceptors (Lipinski definition) is 7. The second-order valence-electron chi connectivity index (χ2n) is 8.58. The highest BCUT2D eigenvalue weighted by Gasteiger charge is 2.28. The number of carbonyl (C=O) groups excluding carboxylic acids is 1. The van der Waals surface area contributed by atoms with Crippen molar-refractivity contribution in [2.75, 3.05) is 29.0 Å². The number of nitrogens with one attached hydrogen (secondary N) is 1. The average Bonchev–Trinajstić information content (AvgIpc) is 3.49. The third kappa shape index (κ3) is 3.47. The molecule has 3 aromatic heterocycles. The number of anilines is 3. The SMILES string of the molecule is C[C@@H]1C[C@H](N)CN(c2ccncc2NC(=O)c2c(N)oc3cc(C4CC4)cnc23)C1. The molecule has 4 heterocycles. The molecule has 2 atom stereocenters. The molecule has 3 aromatic rings. The monoisotopic (exact) mass is 406 g/mol. The van der Waals surface area contributed by atoms with Crippen LogP contribution < -0.4 is 21.7 Å². The summed E-state index contributed by atoms with van der Waals surface area (Å²) in [5.74, 6) is 0.731. The molecule has 30 heavy (non-hydrogen) atoms. The van der Waals surface area contributed by atoms with Crippen LogP contribution in [-0.4, -0.2) is 35.0 Å².